The minimum Gasteiger partial charge on any atom is -0.388 e. The predicted molar refractivity (Wildman–Crippen MR) is 74.1 cm³/mol. The molecule has 0 amide bonds. The number of nitrogens with zero attached hydrogens (tertiary/aromatic N) is 3. The summed E-state index contributed by atoms with van der Waals surface area (Å²) in [4.78, 5) is 14.9. The summed E-state index contributed by atoms with van der Waals surface area (Å²) in [5.41, 5.74) is 3.65. The van der Waals surface area contributed by atoms with Crippen LogP contribution >= 0.6 is 0 Å². The van der Waals surface area contributed by atoms with E-state index in [1.807, 2.05) is 31.4 Å². The quantitative estimate of drug-likeness (QED) is 0.563. The van der Waals surface area contributed by atoms with Gasteiger partial charge in [-0.05, 0) is 33.9 Å². The van der Waals surface area contributed by atoms with Crippen LogP contribution in [0.3, 0.4) is 0 Å². The van der Waals surface area contributed by atoms with Gasteiger partial charge in [-0.25, -0.2) is 5.10 Å². The average molecular weight is 269 g/mol. The summed E-state index contributed by atoms with van der Waals surface area (Å²) < 4.78 is 1.79. The Hall–Kier alpha value is -2.60. The van der Waals surface area contributed by atoms with Crippen LogP contribution in [0.2, 0.25) is 0 Å². The zero-order valence-electron chi connectivity index (χ0n) is 10.9. The van der Waals surface area contributed by atoms with Gasteiger partial charge >= 0.3 is 5.65 Å². The van der Waals surface area contributed by atoms with Crippen LogP contribution in [-0.2, 0) is 13.7 Å². The molecule has 3 rings (SSSR count). The van der Waals surface area contributed by atoms with Crippen LogP contribution in [0.25, 0.3) is 22.2 Å². The lowest BCUT2D eigenvalue weighted by atomic mass is 10.0. The molecule has 0 aliphatic carbocycles. The van der Waals surface area contributed by atoms with Crippen molar-refractivity contribution in [3.63, 3.8) is 0 Å². The standard InChI is InChI=1S/C14H12N4O2/c1-18-14-13(7-15-18)12(6-11(8-19)16-14)9-2-4-10(17-20)5-3-9/h2-7,19H,8H2,1H3/p+1. The SMILES string of the molecule is C[n+]1[nH]cc2c(-c3ccc(N=O)cc3)cc(CO)nc21. The number of nitroso groups, excluding NO2 is 1. The van der Waals surface area contributed by atoms with Gasteiger partial charge in [-0.2, -0.15) is 4.68 Å². The van der Waals surface area contributed by atoms with Crippen molar-refractivity contribution in [2.45, 2.75) is 6.61 Å². The summed E-state index contributed by atoms with van der Waals surface area (Å²) in [6, 6.07) is 8.85. The fourth-order valence-electron chi connectivity index (χ4n) is 2.24. The number of fused-ring (bicyclic) bond motifs is 1. The van der Waals surface area contributed by atoms with E-state index in [1.165, 1.54) is 0 Å². The van der Waals surface area contributed by atoms with Crippen LogP contribution in [-0.4, -0.2) is 15.2 Å². The van der Waals surface area contributed by atoms with E-state index in [9.17, 15) is 10.0 Å². The number of aromatic nitrogens is 3. The van der Waals surface area contributed by atoms with Crippen molar-refractivity contribution >= 4 is 16.7 Å². The summed E-state index contributed by atoms with van der Waals surface area (Å²) in [6.45, 7) is -0.123. The van der Waals surface area contributed by atoms with E-state index >= 15 is 0 Å². The first-order chi connectivity index (χ1) is 9.72. The topological polar surface area (TPSA) is 82.2 Å². The van der Waals surface area contributed by atoms with Crippen LogP contribution in [0.4, 0.5) is 5.69 Å². The van der Waals surface area contributed by atoms with E-state index in [-0.39, 0.29) is 6.61 Å². The van der Waals surface area contributed by atoms with Crippen molar-refractivity contribution in [3.05, 3.63) is 47.1 Å². The zero-order chi connectivity index (χ0) is 14.1. The fraction of sp³-hybridized carbons (Fsp3) is 0.143. The second-order valence-electron chi connectivity index (χ2n) is 4.53. The summed E-state index contributed by atoms with van der Waals surface area (Å²) in [7, 11) is 1.86. The van der Waals surface area contributed by atoms with Gasteiger partial charge in [0.2, 0.25) is 0 Å². The molecule has 0 fully saturated rings. The maximum Gasteiger partial charge on any atom is 0.351 e. The number of nitrogens with one attached hydrogen (secondary N) is 1. The molecule has 0 atom stereocenters. The second-order valence-corrected chi connectivity index (χ2v) is 4.53. The second kappa shape index (κ2) is 4.82. The molecule has 6 heteroatoms. The Morgan fingerprint density at radius 1 is 1.35 bits per heavy atom. The number of rotatable bonds is 3. The highest BCUT2D eigenvalue weighted by Gasteiger charge is 2.17. The van der Waals surface area contributed by atoms with Crippen molar-refractivity contribution in [3.8, 4) is 11.1 Å². The molecule has 0 saturated carbocycles. The monoisotopic (exact) mass is 269 g/mol. The Balaban J connectivity index is 2.25. The number of aromatic amines is 1. The Morgan fingerprint density at radius 3 is 2.75 bits per heavy atom. The molecule has 2 N–H and O–H groups in total. The molecule has 0 unspecified atom stereocenters. The van der Waals surface area contributed by atoms with E-state index in [4.69, 9.17) is 0 Å². The molecule has 2 aromatic heterocycles. The van der Waals surface area contributed by atoms with Crippen molar-refractivity contribution in [2.75, 3.05) is 0 Å². The maximum absolute atomic E-state index is 10.5. The Labute approximate surface area is 114 Å². The van der Waals surface area contributed by atoms with Gasteiger partial charge in [-0.3, -0.25) is 0 Å². The molecule has 20 heavy (non-hydrogen) atoms. The van der Waals surface area contributed by atoms with Gasteiger partial charge in [0.15, 0.2) is 5.69 Å². The normalized spacial score (nSPS) is 10.9. The molecule has 0 saturated heterocycles. The molecule has 3 aromatic rings. The lowest BCUT2D eigenvalue weighted by Crippen LogP contribution is -2.30. The summed E-state index contributed by atoms with van der Waals surface area (Å²) >= 11 is 0. The average Bonchev–Trinajstić information content (AvgIpc) is 2.88. The summed E-state index contributed by atoms with van der Waals surface area (Å²) in [6.07, 6.45) is 1.87. The molecule has 0 aliphatic heterocycles. The molecular weight excluding hydrogens is 256 g/mol. The van der Waals surface area contributed by atoms with E-state index < -0.39 is 0 Å². The largest absolute Gasteiger partial charge is 0.388 e. The number of aryl methyl sites for hydroxylation is 1. The number of H-pyrrole nitrogens is 1. The lowest BCUT2D eigenvalue weighted by Gasteiger charge is -2.02. The number of hydrogen-bond donors (Lipinski definition) is 2. The van der Waals surface area contributed by atoms with Gasteiger partial charge in [0, 0.05) is 5.56 Å². The molecule has 0 radical (unpaired) electrons. The van der Waals surface area contributed by atoms with E-state index in [1.54, 1.807) is 16.8 Å². The minimum atomic E-state index is -0.123. The Bertz CT molecular complexity index is 778. The van der Waals surface area contributed by atoms with E-state index in [0.29, 0.717) is 11.4 Å². The molecule has 6 nitrogen and oxygen atoms in total. The number of aliphatic hydroxyl groups is 1. The maximum atomic E-state index is 10.5. The molecular formula is C14H13N4O2+. The van der Waals surface area contributed by atoms with Crippen molar-refractivity contribution in [1.82, 2.24) is 10.1 Å². The Morgan fingerprint density at radius 2 is 2.10 bits per heavy atom. The predicted octanol–water partition coefficient (Wildman–Crippen LogP) is 1.94. The minimum absolute atomic E-state index is 0.123. The molecule has 1 aromatic carbocycles. The fourth-order valence-corrected chi connectivity index (χ4v) is 2.24. The third-order valence-corrected chi connectivity index (χ3v) is 3.26. The smallest absolute Gasteiger partial charge is 0.351 e. The van der Waals surface area contributed by atoms with Crippen LogP contribution in [0.15, 0.2) is 41.7 Å². The van der Waals surface area contributed by atoms with E-state index in [0.717, 1.165) is 22.2 Å². The highest BCUT2D eigenvalue weighted by atomic mass is 16.3. The van der Waals surface area contributed by atoms with Crippen molar-refractivity contribution in [1.29, 1.82) is 0 Å². The third-order valence-electron chi connectivity index (χ3n) is 3.26. The Kier molecular flexibility index (Phi) is 3.00. The van der Waals surface area contributed by atoms with Gasteiger partial charge in [0.25, 0.3) is 0 Å². The van der Waals surface area contributed by atoms with Gasteiger partial charge < -0.3 is 5.11 Å². The molecule has 0 bridgehead atoms. The highest BCUT2D eigenvalue weighted by Crippen LogP contribution is 2.28. The third kappa shape index (κ3) is 1.96. The lowest BCUT2D eigenvalue weighted by molar-refractivity contribution is -0.704. The molecule has 0 spiro atoms. The van der Waals surface area contributed by atoms with Crippen LogP contribution in [0, 0.1) is 4.91 Å². The molecule has 2 heterocycles. The van der Waals surface area contributed by atoms with Crippen molar-refractivity contribution < 1.29 is 9.79 Å². The van der Waals surface area contributed by atoms with Crippen LogP contribution < -0.4 is 4.68 Å². The summed E-state index contributed by atoms with van der Waals surface area (Å²) in [5, 5.41) is 16.3. The first-order valence-corrected chi connectivity index (χ1v) is 6.14. The summed E-state index contributed by atoms with van der Waals surface area (Å²) in [5.74, 6) is 0. The highest BCUT2D eigenvalue weighted by molar-refractivity contribution is 5.91. The first-order valence-electron chi connectivity index (χ1n) is 6.14. The zero-order valence-corrected chi connectivity index (χ0v) is 10.9. The number of aliphatic hydroxyl groups excluding tert-OH is 1. The van der Waals surface area contributed by atoms with Crippen LogP contribution in [0.5, 0.6) is 0 Å². The molecule has 0 aliphatic rings. The number of hydrogen-bond acceptors (Lipinski definition) is 4. The van der Waals surface area contributed by atoms with Crippen molar-refractivity contribution in [2.24, 2.45) is 12.2 Å². The van der Waals surface area contributed by atoms with Gasteiger partial charge in [0.05, 0.1) is 11.6 Å². The van der Waals surface area contributed by atoms with Gasteiger partial charge in [0.1, 0.15) is 19.3 Å². The van der Waals surface area contributed by atoms with Gasteiger partial charge in [-0.1, -0.05) is 12.1 Å². The van der Waals surface area contributed by atoms with Crippen LogP contribution in [0.1, 0.15) is 5.69 Å². The van der Waals surface area contributed by atoms with Gasteiger partial charge in [-0.15, -0.1) is 4.91 Å². The molecule has 100 valence electrons. The van der Waals surface area contributed by atoms with E-state index in [2.05, 4.69) is 15.3 Å². The first kappa shape index (κ1) is 12.4. The number of benzene rings is 1. The number of pyridine rings is 1.